The third kappa shape index (κ3) is 6.25. The molecule has 1 rings (SSSR count). The van der Waals surface area contributed by atoms with E-state index in [1.54, 1.807) is 0 Å². The summed E-state index contributed by atoms with van der Waals surface area (Å²) in [6.07, 6.45) is 12.8. The van der Waals surface area contributed by atoms with Crippen LogP contribution in [0.2, 0.25) is 0 Å². The van der Waals surface area contributed by atoms with E-state index >= 15 is 0 Å². The summed E-state index contributed by atoms with van der Waals surface area (Å²) < 4.78 is 0. The van der Waals surface area contributed by atoms with Crippen molar-refractivity contribution in [1.82, 2.24) is 0 Å². The average molecular weight is 252 g/mol. The molecule has 1 aliphatic rings. The Hall–Kier alpha value is 0. The Morgan fingerprint density at radius 1 is 0.444 bits per heavy atom. The van der Waals surface area contributed by atoms with Crippen molar-refractivity contribution in [3.05, 3.63) is 0 Å². The highest BCUT2D eigenvalue weighted by molar-refractivity contribution is 4.81. The zero-order valence-electron chi connectivity index (χ0n) is 13.9. The van der Waals surface area contributed by atoms with Crippen LogP contribution < -0.4 is 0 Å². The highest BCUT2D eigenvalue weighted by atomic mass is 14.3. The van der Waals surface area contributed by atoms with Crippen molar-refractivity contribution in [2.75, 3.05) is 0 Å². The average Bonchev–Trinajstić information content (AvgIpc) is 2.12. The molecule has 0 aromatic rings. The van der Waals surface area contributed by atoms with Gasteiger partial charge in [0.05, 0.1) is 0 Å². The fourth-order valence-electron chi connectivity index (χ4n) is 4.03. The second kappa shape index (κ2) is 5.97. The zero-order valence-corrected chi connectivity index (χ0v) is 13.9. The van der Waals surface area contributed by atoms with Crippen molar-refractivity contribution >= 4 is 0 Å². The molecule has 0 aromatic heterocycles. The summed E-state index contributed by atoms with van der Waals surface area (Å²) in [4.78, 5) is 0. The normalized spacial score (nSPS) is 29.0. The van der Waals surface area contributed by atoms with E-state index in [0.717, 1.165) is 0 Å². The van der Waals surface area contributed by atoms with Crippen LogP contribution in [-0.4, -0.2) is 0 Å². The third-order valence-electron chi connectivity index (χ3n) is 4.87. The lowest BCUT2D eigenvalue weighted by atomic mass is 9.69. The predicted molar refractivity (Wildman–Crippen MR) is 82.9 cm³/mol. The van der Waals surface area contributed by atoms with Gasteiger partial charge in [0.1, 0.15) is 0 Å². The first-order chi connectivity index (χ1) is 8.12. The maximum atomic E-state index is 2.48. The Balaban J connectivity index is 2.63. The first-order valence-electron chi connectivity index (χ1n) is 8.12. The Kier molecular flexibility index (Phi) is 5.32. The van der Waals surface area contributed by atoms with Gasteiger partial charge in [0.2, 0.25) is 0 Å². The van der Waals surface area contributed by atoms with Crippen LogP contribution in [0.1, 0.15) is 99.3 Å². The van der Waals surface area contributed by atoms with Crippen LogP contribution in [0.5, 0.6) is 0 Å². The van der Waals surface area contributed by atoms with Crippen molar-refractivity contribution in [1.29, 1.82) is 0 Å². The first-order valence-corrected chi connectivity index (χ1v) is 8.12. The molecule has 0 bridgehead atoms. The van der Waals surface area contributed by atoms with Crippen LogP contribution in [0.3, 0.4) is 0 Å². The molecule has 1 fully saturated rings. The lowest BCUT2D eigenvalue weighted by molar-refractivity contribution is 0.150. The molecular formula is C18H36. The maximum Gasteiger partial charge on any atom is -0.0349 e. The molecule has 0 radical (unpaired) electrons. The molecule has 1 aliphatic carbocycles. The summed E-state index contributed by atoms with van der Waals surface area (Å²) in [5.74, 6) is 0. The van der Waals surface area contributed by atoms with Gasteiger partial charge >= 0.3 is 0 Å². The first kappa shape index (κ1) is 16.1. The van der Waals surface area contributed by atoms with Crippen molar-refractivity contribution in [3.8, 4) is 0 Å². The summed E-state index contributed by atoms with van der Waals surface area (Å²) in [6, 6.07) is 0. The molecule has 0 saturated heterocycles. The smallest absolute Gasteiger partial charge is 0.0349 e. The van der Waals surface area contributed by atoms with Crippen molar-refractivity contribution in [2.24, 2.45) is 16.2 Å². The molecule has 0 unspecified atom stereocenters. The van der Waals surface area contributed by atoms with Crippen molar-refractivity contribution in [2.45, 2.75) is 99.3 Å². The highest BCUT2D eigenvalue weighted by Crippen LogP contribution is 2.42. The van der Waals surface area contributed by atoms with Gasteiger partial charge in [0, 0.05) is 0 Å². The van der Waals surface area contributed by atoms with Gasteiger partial charge in [0.15, 0.2) is 0 Å². The molecule has 0 aliphatic heterocycles. The van der Waals surface area contributed by atoms with Crippen LogP contribution in [0.25, 0.3) is 0 Å². The van der Waals surface area contributed by atoms with Crippen LogP contribution in [0, 0.1) is 16.2 Å². The molecule has 108 valence electrons. The Labute approximate surface area is 116 Å². The lowest BCUT2D eigenvalue weighted by Crippen LogP contribution is -2.24. The van der Waals surface area contributed by atoms with Gasteiger partial charge < -0.3 is 0 Å². The van der Waals surface area contributed by atoms with Gasteiger partial charge in [-0.1, -0.05) is 67.2 Å². The van der Waals surface area contributed by atoms with Crippen LogP contribution in [0.4, 0.5) is 0 Å². The minimum absolute atomic E-state index is 0.527. The number of hydrogen-bond donors (Lipinski definition) is 0. The minimum atomic E-state index is 0.527. The SMILES string of the molecule is CC1(C)CCCCCC(C)(C)CC(C)(C)CCC1. The minimum Gasteiger partial charge on any atom is -0.0599 e. The van der Waals surface area contributed by atoms with Crippen molar-refractivity contribution in [3.63, 3.8) is 0 Å². The second-order valence-electron chi connectivity index (χ2n) is 9.08. The van der Waals surface area contributed by atoms with Gasteiger partial charge in [-0.15, -0.1) is 0 Å². The molecule has 1 saturated carbocycles. The van der Waals surface area contributed by atoms with E-state index in [-0.39, 0.29) is 0 Å². The van der Waals surface area contributed by atoms with E-state index in [2.05, 4.69) is 41.5 Å². The largest absolute Gasteiger partial charge is 0.0599 e. The molecule has 0 amide bonds. The van der Waals surface area contributed by atoms with Crippen LogP contribution in [0.15, 0.2) is 0 Å². The quantitative estimate of drug-likeness (QED) is 0.456. The molecular weight excluding hydrogens is 216 g/mol. The van der Waals surface area contributed by atoms with E-state index in [4.69, 9.17) is 0 Å². The van der Waals surface area contributed by atoms with E-state index in [0.29, 0.717) is 16.2 Å². The monoisotopic (exact) mass is 252 g/mol. The molecule has 0 atom stereocenters. The van der Waals surface area contributed by atoms with E-state index in [9.17, 15) is 0 Å². The fraction of sp³-hybridized carbons (Fsp3) is 1.00. The summed E-state index contributed by atoms with van der Waals surface area (Å²) in [5, 5.41) is 0. The molecule has 0 N–H and O–H groups in total. The predicted octanol–water partition coefficient (Wildman–Crippen LogP) is 6.59. The highest BCUT2D eigenvalue weighted by Gasteiger charge is 2.29. The topological polar surface area (TPSA) is 0 Å². The lowest BCUT2D eigenvalue weighted by Gasteiger charge is -2.37. The van der Waals surface area contributed by atoms with E-state index in [1.807, 2.05) is 0 Å². The molecule has 0 heterocycles. The summed E-state index contributed by atoms with van der Waals surface area (Å²) in [6.45, 7) is 14.8. The standard InChI is InChI=1S/C18H36/c1-16(2)11-8-7-9-12-17(3,4)15-18(5,6)14-10-13-16/h7-15H2,1-6H3. The number of hydrogen-bond acceptors (Lipinski definition) is 0. The maximum absolute atomic E-state index is 2.48. The summed E-state index contributed by atoms with van der Waals surface area (Å²) >= 11 is 0. The summed E-state index contributed by atoms with van der Waals surface area (Å²) in [5.41, 5.74) is 1.64. The van der Waals surface area contributed by atoms with Gasteiger partial charge in [0.25, 0.3) is 0 Å². The van der Waals surface area contributed by atoms with E-state index < -0.39 is 0 Å². The second-order valence-corrected chi connectivity index (χ2v) is 9.08. The van der Waals surface area contributed by atoms with Crippen LogP contribution >= 0.6 is 0 Å². The number of rotatable bonds is 0. The van der Waals surface area contributed by atoms with Gasteiger partial charge in [-0.05, 0) is 48.3 Å². The van der Waals surface area contributed by atoms with Crippen molar-refractivity contribution < 1.29 is 0 Å². The third-order valence-corrected chi connectivity index (χ3v) is 4.87. The molecule has 0 heteroatoms. The molecule has 0 spiro atoms. The summed E-state index contributed by atoms with van der Waals surface area (Å²) in [7, 11) is 0. The van der Waals surface area contributed by atoms with E-state index in [1.165, 1.54) is 57.8 Å². The van der Waals surface area contributed by atoms with Gasteiger partial charge in [-0.2, -0.15) is 0 Å². The molecule has 18 heavy (non-hydrogen) atoms. The van der Waals surface area contributed by atoms with Crippen LogP contribution in [-0.2, 0) is 0 Å². The van der Waals surface area contributed by atoms with Gasteiger partial charge in [-0.25, -0.2) is 0 Å². The fourth-order valence-corrected chi connectivity index (χ4v) is 4.03. The zero-order chi connectivity index (χ0) is 13.9. The van der Waals surface area contributed by atoms with Gasteiger partial charge in [-0.3, -0.25) is 0 Å². The molecule has 0 aromatic carbocycles. The molecule has 0 nitrogen and oxygen atoms in total. The Morgan fingerprint density at radius 2 is 0.833 bits per heavy atom. The Morgan fingerprint density at radius 3 is 1.39 bits per heavy atom. The Bertz CT molecular complexity index is 245.